The van der Waals surface area contributed by atoms with E-state index in [0.29, 0.717) is 18.7 Å². The summed E-state index contributed by atoms with van der Waals surface area (Å²) in [5.41, 5.74) is 3.63. The number of carboxylic acids is 1. The Morgan fingerprint density at radius 1 is 1.17 bits per heavy atom. The molecule has 5 heteroatoms. The standard InChI is InChI=1S/C19H25FN2O2/c1-12-16(10-21-19(3,4)5)17(18(23)24)13(2)22(12)11-14-6-8-15(20)9-7-14/h6-9,21H,10-11H2,1-5H3,(H,23,24). The predicted octanol–water partition coefficient (Wildman–Crippen LogP) is 3.88. The fourth-order valence-electron chi connectivity index (χ4n) is 2.81. The van der Waals surface area contributed by atoms with Crippen LogP contribution in [0.5, 0.6) is 0 Å². The third-order valence-electron chi connectivity index (χ3n) is 4.17. The molecule has 0 aliphatic rings. The van der Waals surface area contributed by atoms with E-state index in [1.165, 1.54) is 12.1 Å². The van der Waals surface area contributed by atoms with Gasteiger partial charge < -0.3 is 15.0 Å². The van der Waals surface area contributed by atoms with Gasteiger partial charge in [-0.25, -0.2) is 9.18 Å². The van der Waals surface area contributed by atoms with Crippen LogP contribution in [0.2, 0.25) is 0 Å². The molecule has 24 heavy (non-hydrogen) atoms. The maximum Gasteiger partial charge on any atom is 0.337 e. The molecule has 0 bridgehead atoms. The molecule has 1 heterocycles. The molecule has 1 aromatic heterocycles. The minimum absolute atomic E-state index is 0.102. The Labute approximate surface area is 142 Å². The third-order valence-corrected chi connectivity index (χ3v) is 4.17. The van der Waals surface area contributed by atoms with Crippen molar-refractivity contribution in [3.8, 4) is 0 Å². The van der Waals surface area contributed by atoms with Crippen LogP contribution in [0, 0.1) is 19.7 Å². The minimum Gasteiger partial charge on any atom is -0.478 e. The minimum atomic E-state index is -0.917. The van der Waals surface area contributed by atoms with Crippen molar-refractivity contribution in [2.75, 3.05) is 0 Å². The second-order valence-corrected chi connectivity index (χ2v) is 7.15. The van der Waals surface area contributed by atoms with Crippen molar-refractivity contribution in [3.63, 3.8) is 0 Å². The molecule has 0 atom stereocenters. The van der Waals surface area contributed by atoms with E-state index in [9.17, 15) is 14.3 Å². The summed E-state index contributed by atoms with van der Waals surface area (Å²) in [6, 6.07) is 6.29. The lowest BCUT2D eigenvalue weighted by Gasteiger charge is -2.21. The molecule has 4 nitrogen and oxygen atoms in total. The lowest BCUT2D eigenvalue weighted by atomic mass is 10.1. The van der Waals surface area contributed by atoms with Crippen LogP contribution in [0.25, 0.3) is 0 Å². The highest BCUT2D eigenvalue weighted by Gasteiger charge is 2.23. The van der Waals surface area contributed by atoms with Crippen LogP contribution in [0.1, 0.15) is 53.6 Å². The van der Waals surface area contributed by atoms with Crippen LogP contribution in [-0.2, 0) is 13.1 Å². The normalized spacial score (nSPS) is 11.8. The molecule has 0 aliphatic heterocycles. The number of benzene rings is 1. The summed E-state index contributed by atoms with van der Waals surface area (Å²) in [6.07, 6.45) is 0. The van der Waals surface area contributed by atoms with Crippen LogP contribution in [-0.4, -0.2) is 21.2 Å². The molecule has 0 spiro atoms. The van der Waals surface area contributed by atoms with E-state index in [2.05, 4.69) is 5.32 Å². The number of carbonyl (C=O) groups is 1. The maximum absolute atomic E-state index is 13.1. The van der Waals surface area contributed by atoms with E-state index < -0.39 is 5.97 Å². The molecule has 0 saturated heterocycles. The van der Waals surface area contributed by atoms with E-state index in [1.807, 2.05) is 39.2 Å². The molecule has 0 aliphatic carbocycles. The Bertz CT molecular complexity index is 740. The first-order chi connectivity index (χ1) is 11.1. The Kier molecular flexibility index (Phi) is 5.13. The first-order valence-corrected chi connectivity index (χ1v) is 8.01. The number of carboxylic acid groups (broad SMARTS) is 1. The van der Waals surface area contributed by atoms with Gasteiger partial charge in [0.25, 0.3) is 0 Å². The summed E-state index contributed by atoms with van der Waals surface area (Å²) in [5, 5.41) is 13.0. The van der Waals surface area contributed by atoms with Gasteiger partial charge in [-0.2, -0.15) is 0 Å². The van der Waals surface area contributed by atoms with Crippen LogP contribution in [0.4, 0.5) is 4.39 Å². The molecule has 0 amide bonds. The smallest absolute Gasteiger partial charge is 0.337 e. The van der Waals surface area contributed by atoms with Crippen molar-refractivity contribution < 1.29 is 14.3 Å². The Hall–Kier alpha value is -2.14. The predicted molar refractivity (Wildman–Crippen MR) is 93.0 cm³/mol. The number of aromatic carboxylic acids is 1. The van der Waals surface area contributed by atoms with Crippen molar-refractivity contribution in [2.45, 2.75) is 53.2 Å². The molecular formula is C19H25FN2O2. The second kappa shape index (κ2) is 6.77. The molecule has 0 unspecified atom stereocenters. The van der Waals surface area contributed by atoms with Crippen LogP contribution in [0.15, 0.2) is 24.3 Å². The number of rotatable bonds is 5. The molecule has 0 saturated carbocycles. The van der Waals surface area contributed by atoms with E-state index in [0.717, 1.165) is 22.5 Å². The van der Waals surface area contributed by atoms with Gasteiger partial charge in [0.15, 0.2) is 0 Å². The number of nitrogens with one attached hydrogen (secondary N) is 1. The monoisotopic (exact) mass is 332 g/mol. The summed E-state index contributed by atoms with van der Waals surface area (Å²) in [6.45, 7) is 10.9. The number of nitrogens with zero attached hydrogens (tertiary/aromatic N) is 1. The zero-order valence-electron chi connectivity index (χ0n) is 14.9. The van der Waals surface area contributed by atoms with Gasteiger partial charge in [0.05, 0.1) is 5.56 Å². The van der Waals surface area contributed by atoms with E-state index in [1.54, 1.807) is 12.1 Å². The fourth-order valence-corrected chi connectivity index (χ4v) is 2.81. The Balaban J connectivity index is 2.41. The Morgan fingerprint density at radius 3 is 2.25 bits per heavy atom. The summed E-state index contributed by atoms with van der Waals surface area (Å²) in [7, 11) is 0. The highest BCUT2D eigenvalue weighted by atomic mass is 19.1. The maximum atomic E-state index is 13.1. The molecule has 0 radical (unpaired) electrons. The van der Waals surface area contributed by atoms with Gasteiger partial charge in [-0.05, 0) is 52.3 Å². The highest BCUT2D eigenvalue weighted by molar-refractivity contribution is 5.91. The highest BCUT2D eigenvalue weighted by Crippen LogP contribution is 2.24. The third kappa shape index (κ3) is 4.03. The summed E-state index contributed by atoms with van der Waals surface area (Å²) >= 11 is 0. The van der Waals surface area contributed by atoms with Gasteiger partial charge in [0, 0.05) is 35.6 Å². The van der Waals surface area contributed by atoms with Crippen molar-refractivity contribution in [1.82, 2.24) is 9.88 Å². The Morgan fingerprint density at radius 2 is 1.75 bits per heavy atom. The van der Waals surface area contributed by atoms with Crippen LogP contribution >= 0.6 is 0 Å². The lowest BCUT2D eigenvalue weighted by Crippen LogP contribution is -2.35. The average molecular weight is 332 g/mol. The van der Waals surface area contributed by atoms with Crippen LogP contribution in [0.3, 0.4) is 0 Å². The van der Waals surface area contributed by atoms with Crippen molar-refractivity contribution in [1.29, 1.82) is 0 Å². The number of aromatic nitrogens is 1. The molecule has 130 valence electrons. The fraction of sp³-hybridized carbons (Fsp3) is 0.421. The second-order valence-electron chi connectivity index (χ2n) is 7.15. The molecule has 2 rings (SSSR count). The average Bonchev–Trinajstić information content (AvgIpc) is 2.70. The topological polar surface area (TPSA) is 54.3 Å². The van der Waals surface area contributed by atoms with E-state index >= 15 is 0 Å². The van der Waals surface area contributed by atoms with Crippen molar-refractivity contribution in [3.05, 3.63) is 58.2 Å². The van der Waals surface area contributed by atoms with E-state index in [-0.39, 0.29) is 11.4 Å². The van der Waals surface area contributed by atoms with Crippen LogP contribution < -0.4 is 5.32 Å². The molecule has 0 fully saturated rings. The van der Waals surface area contributed by atoms with Gasteiger partial charge in [-0.3, -0.25) is 0 Å². The van der Waals surface area contributed by atoms with Gasteiger partial charge in [0.2, 0.25) is 0 Å². The molecular weight excluding hydrogens is 307 g/mol. The first-order valence-electron chi connectivity index (χ1n) is 8.01. The lowest BCUT2D eigenvalue weighted by molar-refractivity contribution is 0.0694. The van der Waals surface area contributed by atoms with Crippen molar-refractivity contribution >= 4 is 5.97 Å². The summed E-state index contributed by atoms with van der Waals surface area (Å²) in [4.78, 5) is 11.7. The SMILES string of the molecule is Cc1c(CNC(C)(C)C)c(C(=O)O)c(C)n1Cc1ccc(F)cc1. The molecule has 2 N–H and O–H groups in total. The quantitative estimate of drug-likeness (QED) is 0.874. The largest absolute Gasteiger partial charge is 0.478 e. The molecule has 1 aromatic carbocycles. The van der Waals surface area contributed by atoms with Gasteiger partial charge in [-0.1, -0.05) is 12.1 Å². The molecule has 2 aromatic rings. The first kappa shape index (κ1) is 18.2. The summed E-state index contributed by atoms with van der Waals surface area (Å²) < 4.78 is 15.1. The van der Waals surface area contributed by atoms with Gasteiger partial charge in [0.1, 0.15) is 5.82 Å². The summed E-state index contributed by atoms with van der Waals surface area (Å²) in [5.74, 6) is -1.19. The van der Waals surface area contributed by atoms with Gasteiger partial charge in [-0.15, -0.1) is 0 Å². The number of hydrogen-bond acceptors (Lipinski definition) is 2. The number of halogens is 1. The zero-order chi connectivity index (χ0) is 18.1. The van der Waals surface area contributed by atoms with Crippen molar-refractivity contribution in [2.24, 2.45) is 0 Å². The number of hydrogen-bond donors (Lipinski definition) is 2. The van der Waals surface area contributed by atoms with E-state index in [4.69, 9.17) is 0 Å². The van der Waals surface area contributed by atoms with Gasteiger partial charge >= 0.3 is 5.97 Å². The zero-order valence-corrected chi connectivity index (χ0v) is 14.9.